The number of nitrogens with one attached hydrogen (secondary N) is 2. The average Bonchev–Trinajstić information content (AvgIpc) is 2.73. The molecule has 0 aliphatic carbocycles. The number of nitrogens with zero attached hydrogens (tertiary/aromatic N) is 2. The monoisotopic (exact) mass is 214 g/mol. The molecule has 0 aliphatic heterocycles. The molecule has 0 saturated heterocycles. The second kappa shape index (κ2) is 5.67. The van der Waals surface area contributed by atoms with Gasteiger partial charge in [0.1, 0.15) is 0 Å². The quantitative estimate of drug-likeness (QED) is 0.729. The normalized spacial score (nSPS) is 14.9. The third-order valence-electron chi connectivity index (χ3n) is 2.19. The zero-order valence-corrected chi connectivity index (χ0v) is 9.57. The van der Waals surface area contributed by atoms with E-state index in [0.717, 1.165) is 0 Å². The molecule has 0 aromatic carbocycles. The average molecular weight is 214 g/mol. The third-order valence-corrected chi connectivity index (χ3v) is 2.19. The maximum Gasteiger partial charge on any atom is 0.315 e. The van der Waals surface area contributed by atoms with Crippen LogP contribution in [0.5, 0.6) is 0 Å². The largest absolute Gasteiger partial charge is 0.406 e. The van der Waals surface area contributed by atoms with Crippen LogP contribution in [-0.4, -0.2) is 37.0 Å². The molecular weight excluding hydrogens is 196 g/mol. The zero-order valence-electron chi connectivity index (χ0n) is 9.57. The van der Waals surface area contributed by atoms with Gasteiger partial charge in [-0.1, -0.05) is 5.10 Å². The van der Waals surface area contributed by atoms with Gasteiger partial charge in [-0.05, 0) is 20.9 Å². The van der Waals surface area contributed by atoms with Crippen LogP contribution in [0.2, 0.25) is 0 Å². The van der Waals surface area contributed by atoms with E-state index in [4.69, 9.17) is 9.15 Å². The SMILES string of the molecule is CNC(C)c1nnc(NCC(C)OC)o1. The fraction of sp³-hybridized carbons (Fsp3) is 0.778. The minimum atomic E-state index is 0.0629. The summed E-state index contributed by atoms with van der Waals surface area (Å²) in [5.41, 5.74) is 0. The van der Waals surface area contributed by atoms with Gasteiger partial charge in [-0.3, -0.25) is 0 Å². The van der Waals surface area contributed by atoms with Crippen molar-refractivity contribution in [1.82, 2.24) is 15.5 Å². The van der Waals surface area contributed by atoms with Crippen LogP contribution in [-0.2, 0) is 4.74 Å². The number of ether oxygens (including phenoxy) is 1. The maximum atomic E-state index is 5.38. The van der Waals surface area contributed by atoms with Crippen LogP contribution in [0.25, 0.3) is 0 Å². The van der Waals surface area contributed by atoms with Crippen LogP contribution in [0.3, 0.4) is 0 Å². The van der Waals surface area contributed by atoms with Crippen molar-refractivity contribution < 1.29 is 9.15 Å². The van der Waals surface area contributed by atoms with Gasteiger partial charge < -0.3 is 19.8 Å². The smallest absolute Gasteiger partial charge is 0.315 e. The predicted octanol–water partition coefficient (Wildman–Crippen LogP) is 0.797. The lowest BCUT2D eigenvalue weighted by Crippen LogP contribution is -2.18. The summed E-state index contributed by atoms with van der Waals surface area (Å²) in [6.07, 6.45) is 0.113. The molecule has 86 valence electrons. The Balaban J connectivity index is 2.46. The molecule has 1 aromatic heterocycles. The molecule has 6 nitrogen and oxygen atoms in total. The first kappa shape index (κ1) is 11.9. The van der Waals surface area contributed by atoms with E-state index in [1.54, 1.807) is 7.11 Å². The maximum absolute atomic E-state index is 5.38. The first-order valence-electron chi connectivity index (χ1n) is 4.94. The van der Waals surface area contributed by atoms with Gasteiger partial charge in [0.25, 0.3) is 0 Å². The van der Waals surface area contributed by atoms with Crippen molar-refractivity contribution >= 4 is 6.01 Å². The molecule has 15 heavy (non-hydrogen) atoms. The van der Waals surface area contributed by atoms with Gasteiger partial charge in [-0.25, -0.2) is 0 Å². The highest BCUT2D eigenvalue weighted by atomic mass is 16.5. The number of hydrogen-bond acceptors (Lipinski definition) is 6. The van der Waals surface area contributed by atoms with Crippen LogP contribution in [0, 0.1) is 0 Å². The van der Waals surface area contributed by atoms with Gasteiger partial charge in [0.2, 0.25) is 5.89 Å². The second-order valence-electron chi connectivity index (χ2n) is 3.38. The Bertz CT molecular complexity index is 289. The fourth-order valence-corrected chi connectivity index (χ4v) is 0.919. The minimum absolute atomic E-state index is 0.0629. The Morgan fingerprint density at radius 1 is 1.40 bits per heavy atom. The van der Waals surface area contributed by atoms with Gasteiger partial charge in [0, 0.05) is 13.7 Å². The number of anilines is 1. The molecule has 0 spiro atoms. The van der Waals surface area contributed by atoms with E-state index in [9.17, 15) is 0 Å². The summed E-state index contributed by atoms with van der Waals surface area (Å²) in [4.78, 5) is 0. The van der Waals surface area contributed by atoms with Crippen LogP contribution in [0.1, 0.15) is 25.8 Å². The van der Waals surface area contributed by atoms with Crippen molar-refractivity contribution in [2.75, 3.05) is 26.0 Å². The molecule has 1 aromatic rings. The molecule has 1 rings (SSSR count). The Morgan fingerprint density at radius 2 is 2.13 bits per heavy atom. The molecule has 2 unspecified atom stereocenters. The van der Waals surface area contributed by atoms with Gasteiger partial charge in [0.15, 0.2) is 0 Å². The molecular formula is C9H18N4O2. The number of hydrogen-bond donors (Lipinski definition) is 2. The second-order valence-corrected chi connectivity index (χ2v) is 3.38. The summed E-state index contributed by atoms with van der Waals surface area (Å²) in [6, 6.07) is 0.490. The van der Waals surface area contributed by atoms with Gasteiger partial charge in [-0.15, -0.1) is 5.10 Å². The van der Waals surface area contributed by atoms with Crippen LogP contribution < -0.4 is 10.6 Å². The lowest BCUT2D eigenvalue weighted by Gasteiger charge is -2.08. The molecule has 0 amide bonds. The molecule has 0 aliphatic rings. The van der Waals surface area contributed by atoms with E-state index in [-0.39, 0.29) is 12.1 Å². The summed E-state index contributed by atoms with van der Waals surface area (Å²) in [5, 5.41) is 13.8. The van der Waals surface area contributed by atoms with Crippen molar-refractivity contribution in [3.05, 3.63) is 5.89 Å². The third kappa shape index (κ3) is 3.49. The number of methoxy groups -OCH3 is 1. The Hall–Kier alpha value is -1.14. The summed E-state index contributed by atoms with van der Waals surface area (Å²) >= 11 is 0. The first-order valence-corrected chi connectivity index (χ1v) is 4.94. The standard InChI is InChI=1S/C9H18N4O2/c1-6(14-4)5-11-9-13-12-8(15-9)7(2)10-3/h6-7,10H,5H2,1-4H3,(H,11,13). The Kier molecular flexibility index (Phi) is 4.51. The van der Waals surface area contributed by atoms with E-state index >= 15 is 0 Å². The van der Waals surface area contributed by atoms with Crippen molar-refractivity contribution in [1.29, 1.82) is 0 Å². The van der Waals surface area contributed by atoms with E-state index in [2.05, 4.69) is 20.8 Å². The molecule has 2 atom stereocenters. The van der Waals surface area contributed by atoms with E-state index in [1.165, 1.54) is 0 Å². The van der Waals surface area contributed by atoms with Gasteiger partial charge >= 0.3 is 6.01 Å². The van der Waals surface area contributed by atoms with Crippen molar-refractivity contribution in [3.8, 4) is 0 Å². The molecule has 1 heterocycles. The highest BCUT2D eigenvalue weighted by Crippen LogP contribution is 2.12. The summed E-state index contributed by atoms with van der Waals surface area (Å²) in [7, 11) is 3.50. The van der Waals surface area contributed by atoms with Crippen molar-refractivity contribution in [3.63, 3.8) is 0 Å². The van der Waals surface area contributed by atoms with Crippen molar-refractivity contribution in [2.24, 2.45) is 0 Å². The van der Waals surface area contributed by atoms with Gasteiger partial charge in [-0.2, -0.15) is 0 Å². The van der Waals surface area contributed by atoms with E-state index in [0.29, 0.717) is 18.5 Å². The highest BCUT2D eigenvalue weighted by molar-refractivity contribution is 5.17. The van der Waals surface area contributed by atoms with E-state index in [1.807, 2.05) is 20.9 Å². The van der Waals surface area contributed by atoms with Crippen LogP contribution >= 0.6 is 0 Å². The highest BCUT2D eigenvalue weighted by Gasteiger charge is 2.11. The first-order chi connectivity index (χ1) is 7.17. The fourth-order valence-electron chi connectivity index (χ4n) is 0.919. The molecule has 6 heteroatoms. The topological polar surface area (TPSA) is 72.2 Å². The summed E-state index contributed by atoms with van der Waals surface area (Å²) in [6.45, 7) is 4.56. The molecule has 0 fully saturated rings. The summed E-state index contributed by atoms with van der Waals surface area (Å²) in [5.74, 6) is 0.574. The zero-order chi connectivity index (χ0) is 11.3. The predicted molar refractivity (Wildman–Crippen MR) is 56.7 cm³/mol. The number of rotatable bonds is 6. The number of aromatic nitrogens is 2. The van der Waals surface area contributed by atoms with E-state index < -0.39 is 0 Å². The van der Waals surface area contributed by atoms with Crippen LogP contribution in [0.4, 0.5) is 6.01 Å². The van der Waals surface area contributed by atoms with Crippen LogP contribution in [0.15, 0.2) is 4.42 Å². The molecule has 0 bridgehead atoms. The molecule has 0 radical (unpaired) electrons. The summed E-state index contributed by atoms with van der Waals surface area (Å²) < 4.78 is 10.5. The van der Waals surface area contributed by atoms with Gasteiger partial charge in [0.05, 0.1) is 12.1 Å². The lowest BCUT2D eigenvalue weighted by molar-refractivity contribution is 0.128. The molecule has 0 saturated carbocycles. The Labute approximate surface area is 89.4 Å². The molecule has 2 N–H and O–H groups in total. The Morgan fingerprint density at radius 3 is 2.73 bits per heavy atom. The van der Waals surface area contributed by atoms with Crippen molar-refractivity contribution in [2.45, 2.75) is 26.0 Å². The lowest BCUT2D eigenvalue weighted by atomic mass is 10.3. The minimum Gasteiger partial charge on any atom is -0.406 e.